The normalized spacial score (nSPS) is 11.5. The lowest BCUT2D eigenvalue weighted by atomic mass is 10.1. The third-order valence-electron chi connectivity index (χ3n) is 2.34. The van der Waals surface area contributed by atoms with E-state index in [4.69, 9.17) is 14.6 Å². The smallest absolute Gasteiger partial charge is 0.338 e. The minimum atomic E-state index is -0.570. The molecule has 1 unspecified atom stereocenters. The maximum atomic E-state index is 11.8. The van der Waals surface area contributed by atoms with Gasteiger partial charge in [0, 0.05) is 6.08 Å². The number of carbonyl (C=O) groups excluding carboxylic acids is 2. The molecule has 0 aromatic heterocycles. The molecule has 5 nitrogen and oxygen atoms in total. The van der Waals surface area contributed by atoms with Crippen LogP contribution in [0.25, 0.3) is 0 Å². The average molecular weight is 264 g/mol. The van der Waals surface area contributed by atoms with Crippen molar-refractivity contribution in [3.63, 3.8) is 0 Å². The first-order chi connectivity index (χ1) is 9.08. The Balaban J connectivity index is 2.55. The zero-order chi connectivity index (χ0) is 14.3. The largest absolute Gasteiger partial charge is 0.458 e. The summed E-state index contributed by atoms with van der Waals surface area (Å²) < 4.78 is 9.87. The van der Waals surface area contributed by atoms with E-state index in [0.29, 0.717) is 11.1 Å². The van der Waals surface area contributed by atoms with Crippen LogP contribution in [0.2, 0.25) is 0 Å². The van der Waals surface area contributed by atoms with Crippen LogP contribution in [0.5, 0.6) is 0 Å². The summed E-state index contributed by atoms with van der Waals surface area (Å²) in [4.78, 5) is 22.7. The molecule has 0 amide bonds. The number of hydrogen-bond donors (Lipinski definition) is 1. The van der Waals surface area contributed by atoms with Crippen LogP contribution in [0.1, 0.15) is 22.8 Å². The van der Waals surface area contributed by atoms with E-state index in [2.05, 4.69) is 6.58 Å². The Morgan fingerprint density at radius 1 is 1.42 bits per heavy atom. The Morgan fingerprint density at radius 3 is 2.74 bits per heavy atom. The van der Waals surface area contributed by atoms with Crippen molar-refractivity contribution in [3.8, 4) is 0 Å². The van der Waals surface area contributed by atoms with Gasteiger partial charge in [0.05, 0.1) is 12.2 Å². The van der Waals surface area contributed by atoms with Gasteiger partial charge in [0.2, 0.25) is 0 Å². The van der Waals surface area contributed by atoms with Gasteiger partial charge in [-0.2, -0.15) is 0 Å². The molecule has 0 aliphatic carbocycles. The number of rotatable bonds is 6. The fourth-order valence-electron chi connectivity index (χ4n) is 1.41. The quantitative estimate of drug-likeness (QED) is 0.622. The first-order valence-electron chi connectivity index (χ1n) is 5.77. The van der Waals surface area contributed by atoms with E-state index in [0.717, 1.165) is 6.08 Å². The van der Waals surface area contributed by atoms with Gasteiger partial charge in [0.25, 0.3) is 0 Å². The summed E-state index contributed by atoms with van der Waals surface area (Å²) in [6.07, 6.45) is 0.482. The molecule has 1 aromatic rings. The van der Waals surface area contributed by atoms with Gasteiger partial charge in [0.1, 0.15) is 12.7 Å². The summed E-state index contributed by atoms with van der Waals surface area (Å²) in [6, 6.07) is 6.60. The summed E-state index contributed by atoms with van der Waals surface area (Å²) in [7, 11) is 0. The Kier molecular flexibility index (Phi) is 5.75. The van der Waals surface area contributed by atoms with Gasteiger partial charge in [-0.25, -0.2) is 9.59 Å². The number of ether oxygens (including phenoxy) is 2. The van der Waals surface area contributed by atoms with E-state index in [1.165, 1.54) is 0 Å². The van der Waals surface area contributed by atoms with Crippen molar-refractivity contribution in [2.24, 2.45) is 0 Å². The van der Waals surface area contributed by atoms with Crippen molar-refractivity contribution < 1.29 is 24.2 Å². The highest BCUT2D eigenvalue weighted by molar-refractivity contribution is 5.91. The molecule has 0 spiro atoms. The van der Waals surface area contributed by atoms with Crippen molar-refractivity contribution in [1.82, 2.24) is 0 Å². The van der Waals surface area contributed by atoms with E-state index >= 15 is 0 Å². The van der Waals surface area contributed by atoms with E-state index in [1.807, 2.05) is 0 Å². The molecule has 0 radical (unpaired) electrons. The average Bonchev–Trinajstić information content (AvgIpc) is 2.44. The van der Waals surface area contributed by atoms with Crippen LogP contribution in [0, 0.1) is 0 Å². The second-order valence-electron chi connectivity index (χ2n) is 3.87. The molecular formula is C14H16O5. The molecule has 0 bridgehead atoms. The van der Waals surface area contributed by atoms with Crippen molar-refractivity contribution in [2.75, 3.05) is 6.61 Å². The van der Waals surface area contributed by atoms with Gasteiger partial charge in [-0.15, -0.1) is 0 Å². The summed E-state index contributed by atoms with van der Waals surface area (Å²) in [5.74, 6) is -1.13. The molecule has 1 atom stereocenters. The molecule has 0 fully saturated rings. The summed E-state index contributed by atoms with van der Waals surface area (Å²) in [5, 5.41) is 9.11. The maximum absolute atomic E-state index is 11.8. The van der Waals surface area contributed by atoms with Crippen LogP contribution in [0.3, 0.4) is 0 Å². The third-order valence-corrected chi connectivity index (χ3v) is 2.34. The second-order valence-corrected chi connectivity index (χ2v) is 3.87. The Morgan fingerprint density at radius 2 is 2.11 bits per heavy atom. The lowest BCUT2D eigenvalue weighted by molar-refractivity contribution is -0.144. The highest BCUT2D eigenvalue weighted by Gasteiger charge is 2.14. The predicted octanol–water partition coefficient (Wildman–Crippen LogP) is 1.45. The van der Waals surface area contributed by atoms with Gasteiger partial charge >= 0.3 is 11.9 Å². The third kappa shape index (κ3) is 4.56. The summed E-state index contributed by atoms with van der Waals surface area (Å²) in [5.41, 5.74) is 0.787. The first kappa shape index (κ1) is 14.9. The molecule has 5 heteroatoms. The SMILES string of the molecule is C=CC(=O)OC(C)COC(=O)c1ccccc1CO. The van der Waals surface area contributed by atoms with E-state index in [9.17, 15) is 9.59 Å². The van der Waals surface area contributed by atoms with Crippen molar-refractivity contribution >= 4 is 11.9 Å². The van der Waals surface area contributed by atoms with Crippen molar-refractivity contribution in [1.29, 1.82) is 0 Å². The van der Waals surface area contributed by atoms with Crippen molar-refractivity contribution in [2.45, 2.75) is 19.6 Å². The highest BCUT2D eigenvalue weighted by atomic mass is 16.6. The summed E-state index contributed by atoms with van der Waals surface area (Å²) >= 11 is 0. The fraction of sp³-hybridized carbons (Fsp3) is 0.286. The second kappa shape index (κ2) is 7.33. The van der Waals surface area contributed by atoms with Crippen LogP contribution >= 0.6 is 0 Å². The number of carbonyl (C=O) groups is 2. The Bertz CT molecular complexity index is 467. The monoisotopic (exact) mass is 264 g/mol. The zero-order valence-corrected chi connectivity index (χ0v) is 10.7. The molecule has 1 rings (SSSR count). The van der Waals surface area contributed by atoms with Crippen LogP contribution in [0.15, 0.2) is 36.9 Å². The van der Waals surface area contributed by atoms with Gasteiger partial charge < -0.3 is 14.6 Å². The molecule has 0 aliphatic rings. The molecule has 19 heavy (non-hydrogen) atoms. The molecule has 102 valence electrons. The molecule has 1 N–H and O–H groups in total. The van der Waals surface area contributed by atoms with Crippen LogP contribution < -0.4 is 0 Å². The Hall–Kier alpha value is -2.14. The number of aliphatic hydroxyl groups excluding tert-OH is 1. The highest BCUT2D eigenvalue weighted by Crippen LogP contribution is 2.10. The van der Waals surface area contributed by atoms with Gasteiger partial charge in [0.15, 0.2) is 0 Å². The minimum absolute atomic E-state index is 0.0574. The van der Waals surface area contributed by atoms with Crippen molar-refractivity contribution in [3.05, 3.63) is 48.0 Å². The molecule has 0 saturated carbocycles. The maximum Gasteiger partial charge on any atom is 0.338 e. The number of aliphatic hydroxyl groups is 1. The van der Waals surface area contributed by atoms with E-state index in [-0.39, 0.29) is 13.2 Å². The minimum Gasteiger partial charge on any atom is -0.458 e. The van der Waals surface area contributed by atoms with Crippen LogP contribution in [0.4, 0.5) is 0 Å². The fourth-order valence-corrected chi connectivity index (χ4v) is 1.41. The number of hydrogen-bond acceptors (Lipinski definition) is 5. The molecule has 0 heterocycles. The Labute approximate surface area is 111 Å². The first-order valence-corrected chi connectivity index (χ1v) is 5.77. The number of esters is 2. The van der Waals surface area contributed by atoms with Gasteiger partial charge in [-0.3, -0.25) is 0 Å². The van der Waals surface area contributed by atoms with Crippen LogP contribution in [-0.2, 0) is 20.9 Å². The van der Waals surface area contributed by atoms with Gasteiger partial charge in [-0.1, -0.05) is 24.8 Å². The summed E-state index contributed by atoms with van der Waals surface area (Å²) in [6.45, 7) is 4.57. The lowest BCUT2D eigenvalue weighted by Crippen LogP contribution is -2.22. The van der Waals surface area contributed by atoms with E-state index < -0.39 is 18.0 Å². The predicted molar refractivity (Wildman–Crippen MR) is 68.4 cm³/mol. The molecule has 0 saturated heterocycles. The molecule has 0 aliphatic heterocycles. The number of benzene rings is 1. The standard InChI is InChI=1S/C14H16O5/c1-3-13(16)19-10(2)9-18-14(17)12-7-5-4-6-11(12)8-15/h3-7,10,15H,1,8-9H2,2H3. The molecule has 1 aromatic carbocycles. The lowest BCUT2D eigenvalue weighted by Gasteiger charge is -2.13. The van der Waals surface area contributed by atoms with E-state index in [1.54, 1.807) is 31.2 Å². The topological polar surface area (TPSA) is 72.8 Å². The van der Waals surface area contributed by atoms with Crippen LogP contribution in [-0.4, -0.2) is 29.8 Å². The zero-order valence-electron chi connectivity index (χ0n) is 10.7. The van der Waals surface area contributed by atoms with Gasteiger partial charge in [-0.05, 0) is 18.6 Å². The molecular weight excluding hydrogens is 248 g/mol.